The van der Waals surface area contributed by atoms with Crippen LogP contribution in [-0.4, -0.2) is 17.8 Å². The van der Waals surface area contributed by atoms with Crippen LogP contribution in [0.1, 0.15) is 50.6 Å². The molecule has 0 bridgehead atoms. The number of benzene rings is 1. The fraction of sp³-hybridized carbons (Fsp3) is 0.625. The van der Waals surface area contributed by atoms with Crippen LogP contribution in [0.3, 0.4) is 0 Å². The normalized spacial score (nSPS) is 24.6. The number of rotatable bonds is 6. The van der Waals surface area contributed by atoms with Crippen molar-refractivity contribution in [3.8, 4) is 0 Å². The van der Waals surface area contributed by atoms with E-state index in [9.17, 15) is 5.11 Å². The largest absolute Gasteiger partial charge is 0.393 e. The van der Waals surface area contributed by atoms with Gasteiger partial charge in [0, 0.05) is 11.1 Å². The van der Waals surface area contributed by atoms with Gasteiger partial charge in [-0.3, -0.25) is 0 Å². The van der Waals surface area contributed by atoms with Crippen LogP contribution in [0.25, 0.3) is 0 Å². The molecule has 2 N–H and O–H groups in total. The lowest BCUT2D eigenvalue weighted by Gasteiger charge is -2.21. The number of hydrogen-bond acceptors (Lipinski definition) is 2. The number of aliphatic hydroxyl groups is 1. The molecule has 1 aromatic rings. The Balaban J connectivity index is 1.90. The average Bonchev–Trinajstić information content (AvgIpc) is 2.81. The molecule has 19 heavy (non-hydrogen) atoms. The molecular weight excluding hydrogens is 258 g/mol. The first kappa shape index (κ1) is 14.8. The van der Waals surface area contributed by atoms with E-state index in [-0.39, 0.29) is 6.10 Å². The summed E-state index contributed by atoms with van der Waals surface area (Å²) in [6, 6.07) is 8.54. The summed E-state index contributed by atoms with van der Waals surface area (Å²) in [4.78, 5) is 0. The molecule has 1 saturated carbocycles. The number of nitrogens with one attached hydrogen (secondary N) is 1. The third-order valence-corrected chi connectivity index (χ3v) is 4.27. The predicted molar refractivity (Wildman–Crippen MR) is 80.5 cm³/mol. The summed E-state index contributed by atoms with van der Waals surface area (Å²) < 4.78 is 0. The Morgan fingerprint density at radius 3 is 2.63 bits per heavy atom. The highest BCUT2D eigenvalue weighted by molar-refractivity contribution is 6.30. The molecule has 106 valence electrons. The van der Waals surface area contributed by atoms with Crippen molar-refractivity contribution in [1.82, 2.24) is 5.32 Å². The van der Waals surface area contributed by atoms with Gasteiger partial charge in [0.25, 0.3) is 0 Å². The number of hydrogen-bond donors (Lipinski definition) is 2. The molecule has 0 spiro atoms. The molecule has 3 unspecified atom stereocenters. The molecule has 3 heteroatoms. The maximum absolute atomic E-state index is 9.57. The third-order valence-electron chi connectivity index (χ3n) is 4.02. The molecule has 1 aliphatic rings. The molecule has 0 saturated heterocycles. The minimum absolute atomic E-state index is 0.0769. The minimum Gasteiger partial charge on any atom is -0.393 e. The van der Waals surface area contributed by atoms with E-state index in [4.69, 9.17) is 11.6 Å². The molecule has 2 rings (SSSR count). The first-order chi connectivity index (χ1) is 9.19. The summed E-state index contributed by atoms with van der Waals surface area (Å²) >= 11 is 5.94. The summed E-state index contributed by atoms with van der Waals surface area (Å²) in [6.07, 6.45) is 5.28. The van der Waals surface area contributed by atoms with Gasteiger partial charge in [0.2, 0.25) is 0 Å². The van der Waals surface area contributed by atoms with Crippen molar-refractivity contribution in [2.45, 2.75) is 51.2 Å². The van der Waals surface area contributed by atoms with Crippen LogP contribution in [0.5, 0.6) is 0 Å². The molecule has 3 atom stereocenters. The van der Waals surface area contributed by atoms with Crippen molar-refractivity contribution >= 4 is 11.6 Å². The SMILES string of the molecule is CCCC(NCC1CCC(O)C1)c1ccc(Cl)cc1. The van der Waals surface area contributed by atoms with Crippen molar-refractivity contribution in [3.05, 3.63) is 34.9 Å². The summed E-state index contributed by atoms with van der Waals surface area (Å²) in [5.41, 5.74) is 1.31. The zero-order chi connectivity index (χ0) is 13.7. The molecule has 2 nitrogen and oxygen atoms in total. The fourth-order valence-corrected chi connectivity index (χ4v) is 3.04. The number of aliphatic hydroxyl groups excluding tert-OH is 1. The summed E-state index contributed by atoms with van der Waals surface area (Å²) in [6.45, 7) is 3.22. The molecule has 0 radical (unpaired) electrons. The molecule has 1 fully saturated rings. The van der Waals surface area contributed by atoms with Gasteiger partial charge < -0.3 is 10.4 Å². The van der Waals surface area contributed by atoms with Crippen molar-refractivity contribution in [2.24, 2.45) is 5.92 Å². The van der Waals surface area contributed by atoms with Crippen molar-refractivity contribution < 1.29 is 5.11 Å². The van der Waals surface area contributed by atoms with Gasteiger partial charge >= 0.3 is 0 Å². The summed E-state index contributed by atoms with van der Waals surface area (Å²) in [5.74, 6) is 0.627. The first-order valence-electron chi connectivity index (χ1n) is 7.36. The van der Waals surface area contributed by atoms with Gasteiger partial charge in [-0.15, -0.1) is 0 Å². The van der Waals surface area contributed by atoms with Crippen molar-refractivity contribution in [1.29, 1.82) is 0 Å². The highest BCUT2D eigenvalue weighted by atomic mass is 35.5. The van der Waals surface area contributed by atoms with Crippen molar-refractivity contribution in [3.63, 3.8) is 0 Å². The molecule has 0 amide bonds. The minimum atomic E-state index is -0.0769. The standard InChI is InChI=1S/C16H24ClNO/c1-2-3-16(13-5-7-14(17)8-6-13)18-11-12-4-9-15(19)10-12/h5-8,12,15-16,18-19H,2-4,9-11H2,1H3. The lowest BCUT2D eigenvalue weighted by atomic mass is 10.0. The monoisotopic (exact) mass is 281 g/mol. The van der Waals surface area contributed by atoms with Crippen LogP contribution in [0.2, 0.25) is 5.02 Å². The van der Waals surface area contributed by atoms with Crippen LogP contribution in [0.4, 0.5) is 0 Å². The zero-order valence-electron chi connectivity index (χ0n) is 11.6. The Morgan fingerprint density at radius 1 is 1.32 bits per heavy atom. The third kappa shape index (κ3) is 4.48. The Hall–Kier alpha value is -0.570. The molecule has 1 aliphatic carbocycles. The maximum Gasteiger partial charge on any atom is 0.0543 e. The van der Waals surface area contributed by atoms with Gasteiger partial charge in [0.15, 0.2) is 0 Å². The molecule has 0 aromatic heterocycles. The Kier molecular flexibility index (Phi) is 5.68. The van der Waals surface area contributed by atoms with Gasteiger partial charge in [-0.1, -0.05) is 37.1 Å². The lowest BCUT2D eigenvalue weighted by Crippen LogP contribution is -2.26. The topological polar surface area (TPSA) is 32.3 Å². The van der Waals surface area contributed by atoms with Crippen LogP contribution < -0.4 is 5.32 Å². The summed E-state index contributed by atoms with van der Waals surface area (Å²) in [5, 5.41) is 14.0. The average molecular weight is 282 g/mol. The molecular formula is C16H24ClNO. The van der Waals surface area contributed by atoms with Crippen LogP contribution in [0, 0.1) is 5.92 Å². The zero-order valence-corrected chi connectivity index (χ0v) is 12.4. The van der Waals surface area contributed by atoms with Gasteiger partial charge in [0.05, 0.1) is 6.10 Å². The van der Waals surface area contributed by atoms with Gasteiger partial charge in [-0.05, 0) is 55.8 Å². The van der Waals surface area contributed by atoms with Crippen molar-refractivity contribution in [2.75, 3.05) is 6.54 Å². The smallest absolute Gasteiger partial charge is 0.0543 e. The second-order valence-corrected chi connectivity index (χ2v) is 6.07. The van der Waals surface area contributed by atoms with E-state index in [2.05, 4.69) is 24.4 Å². The quantitative estimate of drug-likeness (QED) is 0.828. The first-order valence-corrected chi connectivity index (χ1v) is 7.73. The van der Waals surface area contributed by atoms with E-state index < -0.39 is 0 Å². The Bertz CT molecular complexity index is 379. The van der Waals surface area contributed by atoms with Gasteiger partial charge in [-0.25, -0.2) is 0 Å². The van der Waals surface area contributed by atoms with Crippen LogP contribution in [-0.2, 0) is 0 Å². The Labute approximate surface area is 121 Å². The van der Waals surface area contributed by atoms with E-state index in [1.807, 2.05) is 12.1 Å². The summed E-state index contributed by atoms with van der Waals surface area (Å²) in [7, 11) is 0. The van der Waals surface area contributed by atoms with Gasteiger partial charge in [-0.2, -0.15) is 0 Å². The maximum atomic E-state index is 9.57. The Morgan fingerprint density at radius 2 is 2.05 bits per heavy atom. The van der Waals surface area contributed by atoms with E-state index in [1.165, 1.54) is 5.56 Å². The van der Waals surface area contributed by atoms with E-state index in [1.54, 1.807) is 0 Å². The fourth-order valence-electron chi connectivity index (χ4n) is 2.91. The second kappa shape index (κ2) is 7.28. The lowest BCUT2D eigenvalue weighted by molar-refractivity contribution is 0.177. The molecule has 1 aromatic carbocycles. The van der Waals surface area contributed by atoms with E-state index >= 15 is 0 Å². The van der Waals surface area contributed by atoms with Gasteiger partial charge in [0.1, 0.15) is 0 Å². The van der Waals surface area contributed by atoms with E-state index in [0.717, 1.165) is 43.7 Å². The number of halogens is 1. The highest BCUT2D eigenvalue weighted by Crippen LogP contribution is 2.26. The highest BCUT2D eigenvalue weighted by Gasteiger charge is 2.23. The van der Waals surface area contributed by atoms with E-state index in [0.29, 0.717) is 12.0 Å². The van der Waals surface area contributed by atoms with Crippen LogP contribution >= 0.6 is 11.6 Å². The van der Waals surface area contributed by atoms with Crippen LogP contribution in [0.15, 0.2) is 24.3 Å². The second-order valence-electron chi connectivity index (χ2n) is 5.63. The predicted octanol–water partition coefficient (Wildman–Crippen LogP) is 3.93. The molecule has 0 heterocycles. The molecule has 0 aliphatic heterocycles.